The maximum absolute atomic E-state index is 5.47. The topological polar surface area (TPSA) is 9.23 Å². The lowest BCUT2D eigenvalue weighted by Gasteiger charge is -2.21. The second kappa shape index (κ2) is 5.23. The van der Waals surface area contributed by atoms with Gasteiger partial charge in [0.05, 0.1) is 12.4 Å². The Bertz CT molecular complexity index is 149. The number of hydrogen-bond donors (Lipinski definition) is 0. The summed E-state index contributed by atoms with van der Waals surface area (Å²) in [7, 11) is 0. The summed E-state index contributed by atoms with van der Waals surface area (Å²) in [6, 6.07) is 0. The van der Waals surface area contributed by atoms with Crippen LogP contribution in [0, 0.1) is 5.92 Å². The first-order valence-electron chi connectivity index (χ1n) is 5.18. The third kappa shape index (κ3) is 2.88. The van der Waals surface area contributed by atoms with E-state index in [1.807, 2.05) is 0 Å². The molecule has 1 atom stereocenters. The molecule has 0 spiro atoms. The predicted octanol–water partition coefficient (Wildman–Crippen LogP) is 3.51. The molecule has 1 heteroatoms. The van der Waals surface area contributed by atoms with Crippen molar-refractivity contribution in [2.45, 2.75) is 46.0 Å². The van der Waals surface area contributed by atoms with Crippen molar-refractivity contribution in [3.8, 4) is 0 Å². The van der Waals surface area contributed by atoms with Crippen LogP contribution in [-0.2, 0) is 4.74 Å². The van der Waals surface area contributed by atoms with Crippen molar-refractivity contribution in [3.05, 3.63) is 11.8 Å². The maximum Gasteiger partial charge on any atom is 0.0920 e. The fraction of sp³-hybridized carbons (Fsp3) is 0.818. The van der Waals surface area contributed by atoms with Crippen molar-refractivity contribution in [1.82, 2.24) is 0 Å². The fourth-order valence-electron chi connectivity index (χ4n) is 1.85. The van der Waals surface area contributed by atoms with Gasteiger partial charge in [0.25, 0.3) is 0 Å². The lowest BCUT2D eigenvalue weighted by Crippen LogP contribution is -2.07. The van der Waals surface area contributed by atoms with Gasteiger partial charge in [0.15, 0.2) is 0 Å². The molecule has 12 heavy (non-hydrogen) atoms. The van der Waals surface area contributed by atoms with Crippen molar-refractivity contribution in [2.75, 3.05) is 6.61 Å². The van der Waals surface area contributed by atoms with E-state index in [4.69, 9.17) is 4.74 Å². The Morgan fingerprint density at radius 2 is 2.33 bits per heavy atom. The number of rotatable bonds is 4. The van der Waals surface area contributed by atoms with Crippen molar-refractivity contribution >= 4 is 0 Å². The van der Waals surface area contributed by atoms with Crippen LogP contribution >= 0.6 is 0 Å². The van der Waals surface area contributed by atoms with Gasteiger partial charge < -0.3 is 4.74 Å². The summed E-state index contributed by atoms with van der Waals surface area (Å²) in [6.07, 6.45) is 8.73. The first-order valence-corrected chi connectivity index (χ1v) is 5.18. The lowest BCUT2D eigenvalue weighted by molar-refractivity contribution is 0.201. The smallest absolute Gasteiger partial charge is 0.0920 e. The van der Waals surface area contributed by atoms with Crippen LogP contribution in [0.4, 0.5) is 0 Å². The minimum absolute atomic E-state index is 0.824. The summed E-state index contributed by atoms with van der Waals surface area (Å²) in [5, 5.41) is 0. The molecule has 1 nitrogen and oxygen atoms in total. The van der Waals surface area contributed by atoms with Crippen LogP contribution in [0.5, 0.6) is 0 Å². The average molecular weight is 168 g/mol. The normalized spacial score (nSPS) is 23.5. The summed E-state index contributed by atoms with van der Waals surface area (Å²) < 4.78 is 5.47. The third-order valence-corrected chi connectivity index (χ3v) is 2.50. The quantitative estimate of drug-likeness (QED) is 0.624. The molecule has 0 fully saturated rings. The molecule has 1 aliphatic rings. The van der Waals surface area contributed by atoms with E-state index >= 15 is 0 Å². The van der Waals surface area contributed by atoms with Gasteiger partial charge in [-0.15, -0.1) is 0 Å². The van der Waals surface area contributed by atoms with E-state index in [0.29, 0.717) is 0 Å². The van der Waals surface area contributed by atoms with Crippen LogP contribution in [0.25, 0.3) is 0 Å². The van der Waals surface area contributed by atoms with E-state index in [0.717, 1.165) is 12.5 Å². The number of allylic oxidation sites excluding steroid dienone is 2. The summed E-state index contributed by atoms with van der Waals surface area (Å²) in [5.41, 5.74) is 0. The Morgan fingerprint density at radius 1 is 1.50 bits per heavy atom. The van der Waals surface area contributed by atoms with Gasteiger partial charge in [-0.2, -0.15) is 0 Å². The molecule has 1 unspecified atom stereocenters. The zero-order valence-electron chi connectivity index (χ0n) is 8.31. The van der Waals surface area contributed by atoms with Crippen LogP contribution in [0.2, 0.25) is 0 Å². The molecule has 0 aliphatic heterocycles. The van der Waals surface area contributed by atoms with Gasteiger partial charge in [0.1, 0.15) is 0 Å². The summed E-state index contributed by atoms with van der Waals surface area (Å²) in [4.78, 5) is 0. The van der Waals surface area contributed by atoms with E-state index in [2.05, 4.69) is 19.9 Å². The van der Waals surface area contributed by atoms with Crippen LogP contribution in [0.3, 0.4) is 0 Å². The van der Waals surface area contributed by atoms with E-state index in [1.54, 1.807) is 0 Å². The van der Waals surface area contributed by atoms with Gasteiger partial charge in [-0.1, -0.05) is 19.8 Å². The van der Waals surface area contributed by atoms with Crippen LogP contribution in [0.15, 0.2) is 11.8 Å². The van der Waals surface area contributed by atoms with E-state index < -0.39 is 0 Å². The second-order valence-corrected chi connectivity index (χ2v) is 3.53. The number of hydrogen-bond acceptors (Lipinski definition) is 1. The first kappa shape index (κ1) is 9.63. The molecule has 1 aliphatic carbocycles. The Labute approximate surface area is 75.8 Å². The summed E-state index contributed by atoms with van der Waals surface area (Å²) in [6.45, 7) is 5.14. The van der Waals surface area contributed by atoms with Gasteiger partial charge in [-0.05, 0) is 31.8 Å². The largest absolute Gasteiger partial charge is 0.499 e. The van der Waals surface area contributed by atoms with E-state index in [1.165, 1.54) is 37.9 Å². The zero-order chi connectivity index (χ0) is 8.81. The summed E-state index contributed by atoms with van der Waals surface area (Å²) >= 11 is 0. The highest BCUT2D eigenvalue weighted by Crippen LogP contribution is 2.27. The van der Waals surface area contributed by atoms with Crippen LogP contribution < -0.4 is 0 Å². The Balaban J connectivity index is 2.26. The number of ether oxygens (including phenoxy) is 1. The minimum Gasteiger partial charge on any atom is -0.499 e. The minimum atomic E-state index is 0.824. The molecule has 0 aromatic heterocycles. The van der Waals surface area contributed by atoms with Gasteiger partial charge in [0.2, 0.25) is 0 Å². The Morgan fingerprint density at radius 3 is 2.83 bits per heavy atom. The molecule has 0 N–H and O–H groups in total. The standard InChI is InChI=1S/C11H20O/c1-3-5-10-6-8-11(9-7-10)12-4-2/h8,10H,3-7,9H2,1-2H3. The van der Waals surface area contributed by atoms with Gasteiger partial charge >= 0.3 is 0 Å². The van der Waals surface area contributed by atoms with Crippen LogP contribution in [-0.4, -0.2) is 6.61 Å². The van der Waals surface area contributed by atoms with Crippen LogP contribution in [0.1, 0.15) is 46.0 Å². The molecule has 0 saturated heterocycles. The molecular weight excluding hydrogens is 148 g/mol. The van der Waals surface area contributed by atoms with Gasteiger partial charge in [0, 0.05) is 6.42 Å². The third-order valence-electron chi connectivity index (χ3n) is 2.50. The molecule has 0 aromatic rings. The fourth-order valence-corrected chi connectivity index (χ4v) is 1.85. The maximum atomic E-state index is 5.47. The molecule has 0 aromatic carbocycles. The monoisotopic (exact) mass is 168 g/mol. The zero-order valence-corrected chi connectivity index (χ0v) is 8.31. The first-order chi connectivity index (χ1) is 5.86. The van der Waals surface area contributed by atoms with E-state index in [9.17, 15) is 0 Å². The molecule has 0 radical (unpaired) electrons. The molecule has 0 heterocycles. The second-order valence-electron chi connectivity index (χ2n) is 3.53. The molecule has 0 bridgehead atoms. The Hall–Kier alpha value is -0.460. The van der Waals surface area contributed by atoms with Gasteiger partial charge in [-0.3, -0.25) is 0 Å². The Kier molecular flexibility index (Phi) is 4.20. The van der Waals surface area contributed by atoms with Crippen molar-refractivity contribution in [1.29, 1.82) is 0 Å². The SMILES string of the molecule is CCCC1CC=C(OCC)CC1. The van der Waals surface area contributed by atoms with Crippen molar-refractivity contribution < 1.29 is 4.74 Å². The lowest BCUT2D eigenvalue weighted by atomic mass is 9.90. The predicted molar refractivity (Wildman–Crippen MR) is 52.0 cm³/mol. The summed E-state index contributed by atoms with van der Waals surface area (Å²) in [5.74, 6) is 2.16. The highest BCUT2D eigenvalue weighted by Gasteiger charge is 2.13. The average Bonchev–Trinajstić information content (AvgIpc) is 2.09. The van der Waals surface area contributed by atoms with E-state index in [-0.39, 0.29) is 0 Å². The molecule has 1 rings (SSSR count). The van der Waals surface area contributed by atoms with Crippen molar-refractivity contribution in [3.63, 3.8) is 0 Å². The van der Waals surface area contributed by atoms with Crippen molar-refractivity contribution in [2.24, 2.45) is 5.92 Å². The highest BCUT2D eigenvalue weighted by molar-refractivity contribution is 4.98. The molecule has 0 amide bonds. The molecule has 70 valence electrons. The molecule has 0 saturated carbocycles. The highest BCUT2D eigenvalue weighted by atomic mass is 16.5. The van der Waals surface area contributed by atoms with Gasteiger partial charge in [-0.25, -0.2) is 0 Å². The molecular formula is C11H20O.